The summed E-state index contributed by atoms with van der Waals surface area (Å²) in [6, 6.07) is 6.00. The van der Waals surface area contributed by atoms with E-state index in [1.165, 1.54) is 0 Å². The summed E-state index contributed by atoms with van der Waals surface area (Å²) in [6.07, 6.45) is 0. The van der Waals surface area contributed by atoms with E-state index in [2.05, 4.69) is 19.2 Å². The highest BCUT2D eigenvalue weighted by molar-refractivity contribution is 5.75. The monoisotopic (exact) mass is 287 g/mol. The minimum absolute atomic E-state index is 0. The van der Waals surface area contributed by atoms with E-state index in [4.69, 9.17) is 15.2 Å². The molecule has 0 bridgehead atoms. The molecule has 19 heavy (non-hydrogen) atoms. The van der Waals surface area contributed by atoms with Crippen molar-refractivity contribution < 1.29 is 26.7 Å². The van der Waals surface area contributed by atoms with E-state index in [1.54, 1.807) is 13.2 Å². The number of carbonyl (C=O) groups excluding carboxylic acids is 1. The van der Waals surface area contributed by atoms with Gasteiger partial charge in [-0.05, 0) is 17.7 Å². The highest BCUT2D eigenvalue weighted by Crippen LogP contribution is 2.27. The predicted molar refractivity (Wildman–Crippen MR) is 69.7 cm³/mol. The van der Waals surface area contributed by atoms with E-state index in [9.17, 15) is 4.79 Å². The first kappa shape index (κ1) is 17.5. The summed E-state index contributed by atoms with van der Waals surface area (Å²) < 4.78 is 10.5. The van der Waals surface area contributed by atoms with E-state index < -0.39 is 5.91 Å². The van der Waals surface area contributed by atoms with Gasteiger partial charge < -0.3 is 32.9 Å². The van der Waals surface area contributed by atoms with Crippen LogP contribution in [0, 0.1) is 0 Å². The molecule has 5 nitrogen and oxygen atoms in total. The van der Waals surface area contributed by atoms with E-state index in [1.807, 2.05) is 12.1 Å². The van der Waals surface area contributed by atoms with Gasteiger partial charge in [0.05, 0.1) is 7.11 Å². The van der Waals surface area contributed by atoms with Gasteiger partial charge in [-0.1, -0.05) is 19.9 Å². The van der Waals surface area contributed by atoms with Gasteiger partial charge in [0.2, 0.25) is 0 Å². The molecule has 0 aliphatic heterocycles. The zero-order chi connectivity index (χ0) is 13.5. The molecule has 0 aliphatic rings. The van der Waals surface area contributed by atoms with Gasteiger partial charge in [-0.15, -0.1) is 0 Å². The van der Waals surface area contributed by atoms with Gasteiger partial charge in [0.15, 0.2) is 18.1 Å². The average Bonchev–Trinajstić information content (AvgIpc) is 2.34. The summed E-state index contributed by atoms with van der Waals surface area (Å²) in [6.45, 7) is 4.77. The number of benzene rings is 1. The number of carbonyl (C=O) groups is 1. The number of hydrogen-bond acceptors (Lipinski definition) is 4. The normalized spacial score (nSPS) is 9.89. The molecule has 1 aromatic rings. The molecular formula is C13H20ClN2O3-. The van der Waals surface area contributed by atoms with Crippen LogP contribution in [0.1, 0.15) is 19.4 Å². The fourth-order valence-electron chi connectivity index (χ4n) is 1.41. The first-order chi connectivity index (χ1) is 8.52. The Morgan fingerprint density at radius 2 is 2.05 bits per heavy atom. The maximum absolute atomic E-state index is 10.7. The molecule has 3 N–H and O–H groups in total. The second kappa shape index (κ2) is 8.61. The molecule has 0 fully saturated rings. The predicted octanol–water partition coefficient (Wildman–Crippen LogP) is -1.94. The lowest BCUT2D eigenvalue weighted by atomic mass is 10.2. The highest BCUT2D eigenvalue weighted by atomic mass is 35.5. The smallest absolute Gasteiger partial charge is 0.255 e. The van der Waals surface area contributed by atoms with Crippen LogP contribution < -0.4 is 32.9 Å². The Labute approximate surface area is 119 Å². The Morgan fingerprint density at radius 3 is 2.58 bits per heavy atom. The number of ether oxygens (including phenoxy) is 2. The zero-order valence-electron chi connectivity index (χ0n) is 11.4. The van der Waals surface area contributed by atoms with Crippen LogP contribution in [0.3, 0.4) is 0 Å². The van der Waals surface area contributed by atoms with Crippen molar-refractivity contribution in [2.45, 2.75) is 26.4 Å². The van der Waals surface area contributed by atoms with Crippen LogP contribution in [0.15, 0.2) is 18.2 Å². The van der Waals surface area contributed by atoms with E-state index >= 15 is 0 Å². The number of nitrogens with two attached hydrogens (primary N) is 1. The number of hydrogen-bond donors (Lipinski definition) is 2. The first-order valence-corrected chi connectivity index (χ1v) is 5.84. The molecule has 108 valence electrons. The van der Waals surface area contributed by atoms with E-state index in [0.717, 1.165) is 12.1 Å². The van der Waals surface area contributed by atoms with Crippen molar-refractivity contribution in [1.29, 1.82) is 0 Å². The maximum Gasteiger partial charge on any atom is 0.255 e. The second-order valence-electron chi connectivity index (χ2n) is 4.28. The number of halogens is 1. The lowest BCUT2D eigenvalue weighted by molar-refractivity contribution is -0.119. The lowest BCUT2D eigenvalue weighted by Gasteiger charge is -2.12. The average molecular weight is 288 g/mol. The fraction of sp³-hybridized carbons (Fsp3) is 0.462. The second-order valence-corrected chi connectivity index (χ2v) is 4.28. The van der Waals surface area contributed by atoms with Crippen molar-refractivity contribution in [2.24, 2.45) is 5.73 Å². The number of amides is 1. The molecule has 0 spiro atoms. The maximum atomic E-state index is 10.7. The molecule has 0 saturated carbocycles. The Kier molecular flexibility index (Phi) is 7.95. The Bertz CT molecular complexity index is 411. The molecule has 0 saturated heterocycles. The molecule has 0 radical (unpaired) electrons. The molecule has 1 aromatic carbocycles. The number of methoxy groups -OCH3 is 1. The molecule has 0 aromatic heterocycles. The van der Waals surface area contributed by atoms with Crippen LogP contribution in [-0.2, 0) is 11.3 Å². The molecule has 0 aliphatic carbocycles. The molecule has 0 heterocycles. The van der Waals surface area contributed by atoms with Gasteiger partial charge in [-0.2, -0.15) is 0 Å². The van der Waals surface area contributed by atoms with Crippen molar-refractivity contribution in [3.63, 3.8) is 0 Å². The summed E-state index contributed by atoms with van der Waals surface area (Å²) in [7, 11) is 1.56. The summed E-state index contributed by atoms with van der Waals surface area (Å²) in [5.41, 5.74) is 6.12. The summed E-state index contributed by atoms with van der Waals surface area (Å²) >= 11 is 0. The minimum Gasteiger partial charge on any atom is -1.00 e. The van der Waals surface area contributed by atoms with E-state index in [-0.39, 0.29) is 19.0 Å². The zero-order valence-corrected chi connectivity index (χ0v) is 12.2. The van der Waals surface area contributed by atoms with Gasteiger partial charge in [-0.3, -0.25) is 4.79 Å². The largest absolute Gasteiger partial charge is 1.00 e. The Morgan fingerprint density at radius 1 is 1.37 bits per heavy atom. The molecule has 0 atom stereocenters. The SMILES string of the molecule is COc1cc(CNC(C)C)ccc1OCC(N)=O.[Cl-]. The Hall–Kier alpha value is -1.46. The molecule has 1 amide bonds. The van der Waals surface area contributed by atoms with Gasteiger partial charge in [0, 0.05) is 12.6 Å². The van der Waals surface area contributed by atoms with Gasteiger partial charge in [0.1, 0.15) is 0 Å². The molecular weight excluding hydrogens is 268 g/mol. The summed E-state index contributed by atoms with van der Waals surface area (Å²) in [4.78, 5) is 10.7. The lowest BCUT2D eigenvalue weighted by Crippen LogP contribution is -3.00. The van der Waals surface area contributed by atoms with Crippen LogP contribution in [-0.4, -0.2) is 25.7 Å². The van der Waals surface area contributed by atoms with Crippen molar-refractivity contribution in [3.8, 4) is 11.5 Å². The minimum atomic E-state index is -0.511. The first-order valence-electron chi connectivity index (χ1n) is 5.84. The van der Waals surface area contributed by atoms with Crippen molar-refractivity contribution >= 4 is 5.91 Å². The van der Waals surface area contributed by atoms with Crippen molar-refractivity contribution in [1.82, 2.24) is 5.32 Å². The third kappa shape index (κ3) is 6.31. The molecule has 1 rings (SSSR count). The van der Waals surface area contributed by atoms with Gasteiger partial charge in [0.25, 0.3) is 5.91 Å². The Balaban J connectivity index is 0.00000324. The van der Waals surface area contributed by atoms with Crippen LogP contribution in [0.25, 0.3) is 0 Å². The molecule has 6 heteroatoms. The number of rotatable bonds is 7. The van der Waals surface area contributed by atoms with Crippen LogP contribution >= 0.6 is 0 Å². The third-order valence-electron chi connectivity index (χ3n) is 2.31. The van der Waals surface area contributed by atoms with Crippen LogP contribution in [0.2, 0.25) is 0 Å². The van der Waals surface area contributed by atoms with Crippen molar-refractivity contribution in [3.05, 3.63) is 23.8 Å². The van der Waals surface area contributed by atoms with Crippen LogP contribution in [0.4, 0.5) is 0 Å². The molecule has 0 unspecified atom stereocenters. The number of primary amides is 1. The van der Waals surface area contributed by atoms with Crippen molar-refractivity contribution in [2.75, 3.05) is 13.7 Å². The highest BCUT2D eigenvalue weighted by Gasteiger charge is 2.07. The third-order valence-corrected chi connectivity index (χ3v) is 2.31. The number of nitrogens with one attached hydrogen (secondary N) is 1. The van der Waals surface area contributed by atoms with Crippen LogP contribution in [0.5, 0.6) is 11.5 Å². The van der Waals surface area contributed by atoms with Gasteiger partial charge in [-0.25, -0.2) is 0 Å². The van der Waals surface area contributed by atoms with E-state index in [0.29, 0.717) is 17.5 Å². The quantitative estimate of drug-likeness (QED) is 0.612. The summed E-state index contributed by atoms with van der Waals surface area (Å²) in [5.74, 6) is 0.603. The van der Waals surface area contributed by atoms with Gasteiger partial charge >= 0.3 is 0 Å². The fourth-order valence-corrected chi connectivity index (χ4v) is 1.41. The standard InChI is InChI=1S/C13H20N2O3.ClH/c1-9(2)15-7-10-4-5-11(12(6-10)17-3)18-8-13(14)16;/h4-6,9,15H,7-8H2,1-3H3,(H2,14,16);1H/p-1. The topological polar surface area (TPSA) is 73.6 Å². The summed E-state index contributed by atoms with van der Waals surface area (Å²) in [5, 5.41) is 3.31.